The molecule has 22 heavy (non-hydrogen) atoms. The lowest BCUT2D eigenvalue weighted by atomic mass is 10.2. The molecule has 3 rings (SSSR count). The Morgan fingerprint density at radius 1 is 1.36 bits per heavy atom. The van der Waals surface area contributed by atoms with Crippen LogP contribution in [0.3, 0.4) is 0 Å². The van der Waals surface area contributed by atoms with Crippen molar-refractivity contribution in [2.24, 2.45) is 5.73 Å². The van der Waals surface area contributed by atoms with Crippen LogP contribution in [0.1, 0.15) is 34.0 Å². The molecule has 0 aliphatic carbocycles. The summed E-state index contributed by atoms with van der Waals surface area (Å²) >= 11 is 1.47. The van der Waals surface area contributed by atoms with Crippen LogP contribution in [0.25, 0.3) is 10.2 Å². The Kier molecular flexibility index (Phi) is 3.72. The SMILES string of the molecule is Cc1cc2nc(NC(C)c3ccccn3)nc(C(N)=O)c2s1. The van der Waals surface area contributed by atoms with E-state index in [4.69, 9.17) is 5.73 Å². The predicted molar refractivity (Wildman–Crippen MR) is 86.9 cm³/mol. The van der Waals surface area contributed by atoms with E-state index < -0.39 is 5.91 Å². The molecule has 1 amide bonds. The standard InChI is InChI=1S/C15H15N5OS/c1-8-7-11-13(22-8)12(14(16)21)20-15(19-11)18-9(2)10-5-3-4-6-17-10/h3-7,9H,1-2H3,(H2,16,21)(H,18,19,20). The van der Waals surface area contributed by atoms with Crippen molar-refractivity contribution in [2.75, 3.05) is 5.32 Å². The lowest BCUT2D eigenvalue weighted by Gasteiger charge is -2.13. The first kappa shape index (κ1) is 14.4. The lowest BCUT2D eigenvalue weighted by Crippen LogP contribution is -2.17. The van der Waals surface area contributed by atoms with Gasteiger partial charge in [0.05, 0.1) is 22.0 Å². The summed E-state index contributed by atoms with van der Waals surface area (Å²) in [4.78, 5) is 25.7. The van der Waals surface area contributed by atoms with E-state index in [0.717, 1.165) is 20.8 Å². The summed E-state index contributed by atoms with van der Waals surface area (Å²) in [5.41, 5.74) is 7.28. The Hall–Kier alpha value is -2.54. The Bertz CT molecular complexity index is 831. The van der Waals surface area contributed by atoms with E-state index >= 15 is 0 Å². The minimum absolute atomic E-state index is 0.0842. The smallest absolute Gasteiger partial charge is 0.269 e. The minimum atomic E-state index is -0.553. The van der Waals surface area contributed by atoms with E-state index in [-0.39, 0.29) is 11.7 Å². The third kappa shape index (κ3) is 2.75. The number of carbonyl (C=O) groups is 1. The molecular weight excluding hydrogens is 298 g/mol. The highest BCUT2D eigenvalue weighted by molar-refractivity contribution is 7.19. The van der Waals surface area contributed by atoms with E-state index in [1.54, 1.807) is 6.20 Å². The number of aryl methyl sites for hydroxylation is 1. The number of hydrogen-bond acceptors (Lipinski definition) is 6. The number of pyridine rings is 1. The lowest BCUT2D eigenvalue weighted by molar-refractivity contribution is 0.0997. The van der Waals surface area contributed by atoms with Crippen LogP contribution < -0.4 is 11.1 Å². The second kappa shape index (κ2) is 5.69. The van der Waals surface area contributed by atoms with E-state index in [9.17, 15) is 4.79 Å². The zero-order chi connectivity index (χ0) is 15.7. The molecule has 0 saturated carbocycles. The number of nitrogens with two attached hydrogens (primary N) is 1. The molecule has 1 unspecified atom stereocenters. The van der Waals surface area contributed by atoms with E-state index in [2.05, 4.69) is 20.3 Å². The van der Waals surface area contributed by atoms with Crippen LogP contribution in [0.5, 0.6) is 0 Å². The number of fused-ring (bicyclic) bond motifs is 1. The molecule has 7 heteroatoms. The van der Waals surface area contributed by atoms with Crippen LogP contribution in [0, 0.1) is 6.92 Å². The van der Waals surface area contributed by atoms with Crippen molar-refractivity contribution in [1.82, 2.24) is 15.0 Å². The number of nitrogens with zero attached hydrogens (tertiary/aromatic N) is 3. The predicted octanol–water partition coefficient (Wildman–Crippen LogP) is 2.67. The summed E-state index contributed by atoms with van der Waals surface area (Å²) in [7, 11) is 0. The number of rotatable bonds is 4. The maximum absolute atomic E-state index is 11.6. The van der Waals surface area contributed by atoms with Crippen molar-refractivity contribution in [3.05, 3.63) is 46.7 Å². The zero-order valence-corrected chi connectivity index (χ0v) is 13.0. The molecule has 3 N–H and O–H groups in total. The van der Waals surface area contributed by atoms with Crippen LogP contribution in [-0.2, 0) is 0 Å². The van der Waals surface area contributed by atoms with E-state index in [1.165, 1.54) is 11.3 Å². The highest BCUT2D eigenvalue weighted by Gasteiger charge is 2.16. The number of thiophene rings is 1. The molecule has 0 aliphatic heterocycles. The summed E-state index contributed by atoms with van der Waals surface area (Å²) < 4.78 is 0.723. The van der Waals surface area contributed by atoms with E-state index in [0.29, 0.717) is 5.95 Å². The number of primary amides is 1. The molecule has 0 aromatic carbocycles. The molecular formula is C15H15N5OS. The largest absolute Gasteiger partial charge is 0.364 e. The van der Waals surface area contributed by atoms with Gasteiger partial charge in [0.25, 0.3) is 5.91 Å². The van der Waals surface area contributed by atoms with Crippen molar-refractivity contribution in [1.29, 1.82) is 0 Å². The van der Waals surface area contributed by atoms with Crippen LogP contribution in [0.2, 0.25) is 0 Å². The van der Waals surface area contributed by atoms with Gasteiger partial charge in [0, 0.05) is 11.1 Å². The van der Waals surface area contributed by atoms with Gasteiger partial charge in [0.2, 0.25) is 5.95 Å². The van der Waals surface area contributed by atoms with Gasteiger partial charge >= 0.3 is 0 Å². The maximum Gasteiger partial charge on any atom is 0.269 e. The normalized spacial score (nSPS) is 12.3. The Balaban J connectivity index is 1.99. The summed E-state index contributed by atoms with van der Waals surface area (Å²) in [5, 5.41) is 3.17. The Morgan fingerprint density at radius 2 is 2.18 bits per heavy atom. The molecule has 0 bridgehead atoms. The van der Waals surface area contributed by atoms with Crippen molar-refractivity contribution in [3.8, 4) is 0 Å². The molecule has 0 radical (unpaired) electrons. The number of carbonyl (C=O) groups excluding carboxylic acids is 1. The van der Waals surface area contributed by atoms with Crippen LogP contribution in [0.15, 0.2) is 30.5 Å². The Morgan fingerprint density at radius 3 is 2.86 bits per heavy atom. The van der Waals surface area contributed by atoms with Gasteiger partial charge in [0.1, 0.15) is 0 Å². The summed E-state index contributed by atoms with van der Waals surface area (Å²) in [6.07, 6.45) is 1.73. The number of aromatic nitrogens is 3. The first-order chi connectivity index (χ1) is 10.5. The average molecular weight is 313 g/mol. The van der Waals surface area contributed by atoms with Crippen LogP contribution >= 0.6 is 11.3 Å². The molecule has 112 valence electrons. The quantitative estimate of drug-likeness (QED) is 0.772. The third-order valence-electron chi connectivity index (χ3n) is 3.21. The highest BCUT2D eigenvalue weighted by Crippen LogP contribution is 2.27. The van der Waals surface area contributed by atoms with Gasteiger partial charge in [-0.1, -0.05) is 6.07 Å². The highest BCUT2D eigenvalue weighted by atomic mass is 32.1. The van der Waals surface area contributed by atoms with Gasteiger partial charge in [-0.05, 0) is 32.0 Å². The first-order valence-corrected chi connectivity index (χ1v) is 7.61. The van der Waals surface area contributed by atoms with Gasteiger partial charge in [0.15, 0.2) is 5.69 Å². The molecule has 3 heterocycles. The number of nitrogens with one attached hydrogen (secondary N) is 1. The number of hydrogen-bond donors (Lipinski definition) is 2. The van der Waals surface area contributed by atoms with Crippen LogP contribution in [0.4, 0.5) is 5.95 Å². The molecule has 3 aromatic heterocycles. The maximum atomic E-state index is 11.6. The molecule has 1 atom stereocenters. The molecule has 0 saturated heterocycles. The van der Waals surface area contributed by atoms with Crippen molar-refractivity contribution >= 4 is 33.4 Å². The topological polar surface area (TPSA) is 93.8 Å². The summed E-state index contributed by atoms with van der Waals surface area (Å²) in [5.74, 6) is -0.181. The van der Waals surface area contributed by atoms with Crippen molar-refractivity contribution < 1.29 is 4.79 Å². The van der Waals surface area contributed by atoms with Gasteiger partial charge in [-0.2, -0.15) is 0 Å². The molecule has 0 fully saturated rings. The number of anilines is 1. The molecule has 6 nitrogen and oxygen atoms in total. The second-order valence-corrected chi connectivity index (χ2v) is 6.21. The van der Waals surface area contributed by atoms with Gasteiger partial charge in [-0.25, -0.2) is 9.97 Å². The van der Waals surface area contributed by atoms with Crippen molar-refractivity contribution in [2.45, 2.75) is 19.9 Å². The fourth-order valence-electron chi connectivity index (χ4n) is 2.18. The fourth-order valence-corrected chi connectivity index (χ4v) is 3.13. The van der Waals surface area contributed by atoms with Crippen molar-refractivity contribution in [3.63, 3.8) is 0 Å². The first-order valence-electron chi connectivity index (χ1n) is 6.80. The van der Waals surface area contributed by atoms with Gasteiger partial charge < -0.3 is 11.1 Å². The third-order valence-corrected chi connectivity index (χ3v) is 4.25. The molecule has 0 spiro atoms. The van der Waals surface area contributed by atoms with Crippen LogP contribution in [-0.4, -0.2) is 20.9 Å². The monoisotopic (exact) mass is 313 g/mol. The summed E-state index contributed by atoms with van der Waals surface area (Å²) in [6.45, 7) is 3.92. The molecule has 0 aliphatic rings. The molecule has 3 aromatic rings. The summed E-state index contributed by atoms with van der Waals surface area (Å²) in [6, 6.07) is 7.53. The minimum Gasteiger partial charge on any atom is -0.364 e. The zero-order valence-electron chi connectivity index (χ0n) is 12.2. The van der Waals surface area contributed by atoms with Gasteiger partial charge in [-0.15, -0.1) is 11.3 Å². The van der Waals surface area contributed by atoms with E-state index in [1.807, 2.05) is 38.1 Å². The Labute approximate surface area is 131 Å². The average Bonchev–Trinajstić information content (AvgIpc) is 2.87. The second-order valence-electron chi connectivity index (χ2n) is 4.95. The number of amides is 1. The fraction of sp³-hybridized carbons (Fsp3) is 0.200. The van der Waals surface area contributed by atoms with Gasteiger partial charge in [-0.3, -0.25) is 9.78 Å².